The maximum absolute atomic E-state index is 11.7. The lowest BCUT2D eigenvalue weighted by Crippen LogP contribution is -2.40. The van der Waals surface area contributed by atoms with Crippen molar-refractivity contribution in [1.82, 2.24) is 10.2 Å². The molecule has 2 unspecified atom stereocenters. The van der Waals surface area contributed by atoms with Gasteiger partial charge in [-0.05, 0) is 25.8 Å². The Balaban J connectivity index is 1.96. The van der Waals surface area contributed by atoms with Crippen LogP contribution in [0.2, 0.25) is 0 Å². The van der Waals surface area contributed by atoms with Crippen LogP contribution in [0, 0.1) is 5.92 Å². The zero-order chi connectivity index (χ0) is 9.97. The highest BCUT2D eigenvalue weighted by Gasteiger charge is 2.39. The molecule has 1 N–H and O–H groups in total. The molecule has 3 heteroatoms. The number of rotatable bonds is 3. The second-order valence-corrected chi connectivity index (χ2v) is 4.51. The molecule has 0 aromatic rings. The summed E-state index contributed by atoms with van der Waals surface area (Å²) < 4.78 is 0. The van der Waals surface area contributed by atoms with Gasteiger partial charge in [0.2, 0.25) is 5.91 Å². The average molecular weight is 196 g/mol. The van der Waals surface area contributed by atoms with Crippen molar-refractivity contribution in [3.8, 4) is 0 Å². The lowest BCUT2D eigenvalue weighted by molar-refractivity contribution is -0.128. The van der Waals surface area contributed by atoms with E-state index in [2.05, 4.69) is 10.2 Å². The van der Waals surface area contributed by atoms with Crippen molar-refractivity contribution in [3.63, 3.8) is 0 Å². The molecule has 1 aliphatic heterocycles. The highest BCUT2D eigenvalue weighted by Crippen LogP contribution is 2.36. The molecule has 0 spiro atoms. The Morgan fingerprint density at radius 2 is 2.21 bits per heavy atom. The van der Waals surface area contributed by atoms with Gasteiger partial charge in [0.1, 0.15) is 0 Å². The van der Waals surface area contributed by atoms with E-state index in [9.17, 15) is 4.79 Å². The predicted molar refractivity (Wildman–Crippen MR) is 56.0 cm³/mol. The van der Waals surface area contributed by atoms with Crippen LogP contribution in [-0.2, 0) is 4.79 Å². The summed E-state index contributed by atoms with van der Waals surface area (Å²) in [6.07, 6.45) is 5.96. The first kappa shape index (κ1) is 9.97. The summed E-state index contributed by atoms with van der Waals surface area (Å²) in [5, 5.41) is 3.12. The maximum Gasteiger partial charge on any atom is 0.223 e. The largest absolute Gasteiger partial charge is 0.338 e. The third-order valence-corrected chi connectivity index (χ3v) is 3.63. The highest BCUT2D eigenvalue weighted by atomic mass is 16.2. The first-order chi connectivity index (χ1) is 6.83. The standard InChI is InChI=1S/C11H20N2O/c1-12-6-7-13-10-5-3-2-4-9(10)8-11(13)14/h9-10,12H,2-8H2,1H3. The second-order valence-electron chi connectivity index (χ2n) is 4.51. The van der Waals surface area contributed by atoms with E-state index in [1.807, 2.05) is 7.05 Å². The SMILES string of the molecule is CNCCN1C(=O)CC2CCCCC21. The Kier molecular flexibility index (Phi) is 3.06. The van der Waals surface area contributed by atoms with Gasteiger partial charge in [-0.3, -0.25) is 4.79 Å². The number of nitrogens with zero attached hydrogens (tertiary/aromatic N) is 1. The van der Waals surface area contributed by atoms with Crippen LogP contribution in [0.4, 0.5) is 0 Å². The molecule has 0 aromatic carbocycles. The third-order valence-electron chi connectivity index (χ3n) is 3.63. The van der Waals surface area contributed by atoms with Crippen molar-refractivity contribution >= 4 is 5.91 Å². The molecule has 1 saturated heterocycles. The van der Waals surface area contributed by atoms with Gasteiger partial charge in [0.15, 0.2) is 0 Å². The number of likely N-dealkylation sites (N-methyl/N-ethyl adjacent to an activating group) is 1. The number of hydrogen-bond donors (Lipinski definition) is 1. The minimum absolute atomic E-state index is 0.386. The first-order valence-corrected chi connectivity index (χ1v) is 5.77. The molecule has 80 valence electrons. The summed E-state index contributed by atoms with van der Waals surface area (Å²) in [4.78, 5) is 13.9. The lowest BCUT2D eigenvalue weighted by Gasteiger charge is -2.31. The maximum atomic E-state index is 11.7. The Hall–Kier alpha value is -0.570. The molecule has 0 aromatic heterocycles. The Morgan fingerprint density at radius 1 is 1.43 bits per heavy atom. The molecular formula is C11H20N2O. The zero-order valence-corrected chi connectivity index (χ0v) is 8.96. The topological polar surface area (TPSA) is 32.3 Å². The molecule has 1 amide bonds. The molecule has 1 saturated carbocycles. The fourth-order valence-electron chi connectivity index (χ4n) is 2.89. The van der Waals surface area contributed by atoms with Crippen LogP contribution in [0.3, 0.4) is 0 Å². The van der Waals surface area contributed by atoms with Gasteiger partial charge in [0.25, 0.3) is 0 Å². The zero-order valence-electron chi connectivity index (χ0n) is 8.96. The normalized spacial score (nSPS) is 32.1. The lowest BCUT2D eigenvalue weighted by atomic mass is 9.85. The Morgan fingerprint density at radius 3 is 3.00 bits per heavy atom. The molecule has 2 rings (SSSR count). The average Bonchev–Trinajstić information content (AvgIpc) is 2.51. The molecule has 2 aliphatic rings. The van der Waals surface area contributed by atoms with Gasteiger partial charge in [0, 0.05) is 25.6 Å². The van der Waals surface area contributed by atoms with Crippen LogP contribution in [-0.4, -0.2) is 37.0 Å². The number of amides is 1. The number of nitrogens with one attached hydrogen (secondary N) is 1. The van der Waals surface area contributed by atoms with Gasteiger partial charge >= 0.3 is 0 Å². The first-order valence-electron chi connectivity index (χ1n) is 5.77. The van der Waals surface area contributed by atoms with Gasteiger partial charge in [-0.15, -0.1) is 0 Å². The second kappa shape index (κ2) is 4.30. The van der Waals surface area contributed by atoms with Gasteiger partial charge < -0.3 is 10.2 Å². The predicted octanol–water partition coefficient (Wildman–Crippen LogP) is 0.997. The fourth-order valence-corrected chi connectivity index (χ4v) is 2.89. The van der Waals surface area contributed by atoms with Gasteiger partial charge in [0.05, 0.1) is 0 Å². The van der Waals surface area contributed by atoms with E-state index >= 15 is 0 Å². The van der Waals surface area contributed by atoms with E-state index in [0.29, 0.717) is 17.9 Å². The molecule has 0 radical (unpaired) electrons. The van der Waals surface area contributed by atoms with Crippen molar-refractivity contribution in [2.45, 2.75) is 38.1 Å². The van der Waals surface area contributed by atoms with Crippen LogP contribution in [0.15, 0.2) is 0 Å². The summed E-state index contributed by atoms with van der Waals surface area (Å²) in [5.41, 5.74) is 0. The van der Waals surface area contributed by atoms with E-state index in [4.69, 9.17) is 0 Å². The van der Waals surface area contributed by atoms with E-state index in [-0.39, 0.29) is 0 Å². The minimum atomic E-state index is 0.386. The van der Waals surface area contributed by atoms with Crippen molar-refractivity contribution in [3.05, 3.63) is 0 Å². The summed E-state index contributed by atoms with van der Waals surface area (Å²) in [5.74, 6) is 1.06. The fraction of sp³-hybridized carbons (Fsp3) is 0.909. The van der Waals surface area contributed by atoms with E-state index < -0.39 is 0 Å². The number of fused-ring (bicyclic) bond motifs is 1. The van der Waals surface area contributed by atoms with Gasteiger partial charge in [-0.2, -0.15) is 0 Å². The molecule has 2 atom stereocenters. The van der Waals surface area contributed by atoms with Crippen molar-refractivity contribution in [1.29, 1.82) is 0 Å². The Labute approximate surface area is 85.8 Å². The third kappa shape index (κ3) is 1.78. The van der Waals surface area contributed by atoms with Crippen LogP contribution < -0.4 is 5.32 Å². The molecule has 0 bridgehead atoms. The van der Waals surface area contributed by atoms with Crippen molar-refractivity contribution in [2.75, 3.05) is 20.1 Å². The number of carbonyl (C=O) groups is 1. The number of likely N-dealkylation sites (tertiary alicyclic amines) is 1. The minimum Gasteiger partial charge on any atom is -0.338 e. The molecule has 1 aliphatic carbocycles. The number of carbonyl (C=O) groups excluding carboxylic acids is 1. The van der Waals surface area contributed by atoms with Gasteiger partial charge in [-0.1, -0.05) is 12.8 Å². The molecule has 2 fully saturated rings. The molecule has 14 heavy (non-hydrogen) atoms. The molecule has 1 heterocycles. The monoisotopic (exact) mass is 196 g/mol. The van der Waals surface area contributed by atoms with E-state index in [1.165, 1.54) is 25.7 Å². The van der Waals surface area contributed by atoms with Crippen molar-refractivity contribution in [2.24, 2.45) is 5.92 Å². The molecule has 3 nitrogen and oxygen atoms in total. The van der Waals surface area contributed by atoms with Crippen LogP contribution >= 0.6 is 0 Å². The van der Waals surface area contributed by atoms with Crippen LogP contribution in [0.1, 0.15) is 32.1 Å². The van der Waals surface area contributed by atoms with Crippen LogP contribution in [0.5, 0.6) is 0 Å². The van der Waals surface area contributed by atoms with Crippen molar-refractivity contribution < 1.29 is 4.79 Å². The number of hydrogen-bond acceptors (Lipinski definition) is 2. The molecular weight excluding hydrogens is 176 g/mol. The summed E-state index contributed by atoms with van der Waals surface area (Å²) in [7, 11) is 1.94. The van der Waals surface area contributed by atoms with E-state index in [1.54, 1.807) is 0 Å². The summed E-state index contributed by atoms with van der Waals surface area (Å²) in [6.45, 7) is 1.82. The quantitative estimate of drug-likeness (QED) is 0.730. The van der Waals surface area contributed by atoms with Gasteiger partial charge in [-0.25, -0.2) is 0 Å². The van der Waals surface area contributed by atoms with Crippen LogP contribution in [0.25, 0.3) is 0 Å². The highest BCUT2D eigenvalue weighted by molar-refractivity contribution is 5.79. The summed E-state index contributed by atoms with van der Waals surface area (Å²) >= 11 is 0. The van der Waals surface area contributed by atoms with E-state index in [0.717, 1.165) is 19.5 Å². The smallest absolute Gasteiger partial charge is 0.223 e. The summed E-state index contributed by atoms with van der Waals surface area (Å²) in [6, 6.07) is 0.574. The Bertz CT molecular complexity index is 217.